The molecule has 1 rings (SSSR count). The second-order valence-corrected chi connectivity index (χ2v) is 5.50. The average molecular weight is 264 g/mol. The van der Waals surface area contributed by atoms with E-state index < -0.39 is 10.0 Å². The van der Waals surface area contributed by atoms with Crippen LogP contribution in [0.15, 0.2) is 41.3 Å². The molecule has 0 saturated carbocycles. The molecule has 5 heteroatoms. The van der Waals surface area contributed by atoms with E-state index in [1.54, 1.807) is 12.1 Å². The number of allylic oxidation sites excluding steroid dienone is 1. The van der Waals surface area contributed by atoms with Gasteiger partial charge < -0.3 is 0 Å². The van der Waals surface area contributed by atoms with Crippen molar-refractivity contribution in [3.63, 3.8) is 0 Å². The lowest BCUT2D eigenvalue weighted by atomic mass is 10.2. The monoisotopic (exact) mass is 264 g/mol. The Morgan fingerprint density at radius 3 is 2.56 bits per heavy atom. The van der Waals surface area contributed by atoms with E-state index in [1.807, 2.05) is 25.1 Å². The summed E-state index contributed by atoms with van der Waals surface area (Å²) in [7, 11) is -3.44. The van der Waals surface area contributed by atoms with Gasteiger partial charge in [0.15, 0.2) is 0 Å². The molecule has 0 aliphatic carbocycles. The molecule has 0 saturated heterocycles. The highest BCUT2D eigenvalue weighted by atomic mass is 32.2. The first kappa shape index (κ1) is 14.4. The summed E-state index contributed by atoms with van der Waals surface area (Å²) in [5.74, 6) is 0. The van der Waals surface area contributed by atoms with Gasteiger partial charge in [-0.3, -0.25) is 0 Å². The fourth-order valence-corrected chi connectivity index (χ4v) is 2.45. The smallest absolute Gasteiger partial charge is 0.211 e. The lowest BCUT2D eigenvalue weighted by Gasteiger charge is -2.05. The van der Waals surface area contributed by atoms with Crippen molar-refractivity contribution < 1.29 is 8.42 Å². The summed E-state index contributed by atoms with van der Waals surface area (Å²) in [6.07, 6.45) is 4.74. The van der Waals surface area contributed by atoms with Gasteiger partial charge in [0, 0.05) is 6.54 Å². The molecule has 0 atom stereocenters. The molecule has 0 spiro atoms. The number of nitrogens with one attached hydrogen (secondary N) is 1. The van der Waals surface area contributed by atoms with Gasteiger partial charge in [0.05, 0.1) is 17.4 Å². The van der Waals surface area contributed by atoms with Crippen molar-refractivity contribution in [3.8, 4) is 6.07 Å². The Morgan fingerprint density at radius 2 is 2.00 bits per heavy atom. The van der Waals surface area contributed by atoms with Crippen molar-refractivity contribution in [2.24, 2.45) is 0 Å². The van der Waals surface area contributed by atoms with Crippen molar-refractivity contribution in [1.29, 1.82) is 5.26 Å². The molecule has 0 bridgehead atoms. The molecule has 0 heterocycles. The summed E-state index contributed by atoms with van der Waals surface area (Å²) in [6.45, 7) is 2.27. The molecule has 96 valence electrons. The molecule has 0 aliphatic rings. The fourth-order valence-electron chi connectivity index (χ4n) is 1.40. The van der Waals surface area contributed by atoms with Crippen LogP contribution < -0.4 is 4.72 Å². The van der Waals surface area contributed by atoms with Gasteiger partial charge in [0.2, 0.25) is 10.0 Å². The highest BCUT2D eigenvalue weighted by molar-refractivity contribution is 7.89. The van der Waals surface area contributed by atoms with Gasteiger partial charge in [-0.15, -0.1) is 0 Å². The maximum absolute atomic E-state index is 11.9. The maximum Gasteiger partial charge on any atom is 0.240 e. The van der Waals surface area contributed by atoms with Crippen LogP contribution in [0, 0.1) is 11.3 Å². The number of hydrogen-bond acceptors (Lipinski definition) is 3. The Kier molecular flexibility index (Phi) is 5.56. The van der Waals surface area contributed by atoms with Crippen LogP contribution in [0.2, 0.25) is 0 Å². The molecule has 0 amide bonds. The van der Waals surface area contributed by atoms with Crippen molar-refractivity contribution in [1.82, 2.24) is 4.72 Å². The van der Waals surface area contributed by atoms with Crippen molar-refractivity contribution in [3.05, 3.63) is 42.0 Å². The summed E-state index contributed by atoms with van der Waals surface area (Å²) in [5, 5.41) is 8.53. The SMILES string of the molecule is C/C=C/CCNS(=O)(=O)c1ccc(CC#N)cc1. The predicted octanol–water partition coefficient (Wildman–Crippen LogP) is 2.00. The molecule has 0 radical (unpaired) electrons. The quantitative estimate of drug-likeness (QED) is 0.631. The van der Waals surface area contributed by atoms with Crippen molar-refractivity contribution in [2.45, 2.75) is 24.7 Å². The first-order chi connectivity index (χ1) is 8.60. The Morgan fingerprint density at radius 1 is 1.33 bits per heavy atom. The van der Waals surface area contributed by atoms with Crippen LogP contribution in [0.25, 0.3) is 0 Å². The number of hydrogen-bond donors (Lipinski definition) is 1. The average Bonchev–Trinajstić information content (AvgIpc) is 2.36. The Hall–Kier alpha value is -1.64. The molecule has 0 aromatic heterocycles. The Labute approximate surface area is 108 Å². The minimum atomic E-state index is -3.44. The normalized spacial score (nSPS) is 11.6. The van der Waals surface area contributed by atoms with E-state index in [1.165, 1.54) is 12.1 Å². The predicted molar refractivity (Wildman–Crippen MR) is 70.4 cm³/mol. The van der Waals surface area contributed by atoms with Crippen LogP contribution in [-0.4, -0.2) is 15.0 Å². The van der Waals surface area contributed by atoms with E-state index in [0.717, 1.165) is 5.56 Å². The van der Waals surface area contributed by atoms with Gasteiger partial charge in [-0.25, -0.2) is 13.1 Å². The van der Waals surface area contributed by atoms with Crippen molar-refractivity contribution >= 4 is 10.0 Å². The number of benzene rings is 1. The zero-order valence-corrected chi connectivity index (χ0v) is 11.1. The summed E-state index contributed by atoms with van der Waals surface area (Å²) >= 11 is 0. The zero-order chi connectivity index (χ0) is 13.4. The molecule has 0 aliphatic heterocycles. The molecular weight excluding hydrogens is 248 g/mol. The van der Waals surface area contributed by atoms with E-state index in [4.69, 9.17) is 5.26 Å². The molecule has 1 aromatic carbocycles. The van der Waals surface area contributed by atoms with Gasteiger partial charge in [-0.05, 0) is 31.0 Å². The molecule has 0 unspecified atom stereocenters. The minimum Gasteiger partial charge on any atom is -0.211 e. The molecule has 1 N–H and O–H groups in total. The summed E-state index contributed by atoms with van der Waals surface area (Å²) in [6, 6.07) is 8.37. The Balaban J connectivity index is 2.70. The number of rotatable bonds is 6. The van der Waals surface area contributed by atoms with E-state index >= 15 is 0 Å². The van der Waals surface area contributed by atoms with E-state index in [-0.39, 0.29) is 11.3 Å². The van der Waals surface area contributed by atoms with Gasteiger partial charge in [0.25, 0.3) is 0 Å². The van der Waals surface area contributed by atoms with E-state index in [2.05, 4.69) is 4.72 Å². The second-order valence-electron chi connectivity index (χ2n) is 3.73. The van der Waals surface area contributed by atoms with Crippen LogP contribution in [0.1, 0.15) is 18.9 Å². The summed E-state index contributed by atoms with van der Waals surface area (Å²) < 4.78 is 26.2. The third-order valence-corrected chi connectivity index (χ3v) is 3.83. The highest BCUT2D eigenvalue weighted by Gasteiger charge is 2.12. The largest absolute Gasteiger partial charge is 0.240 e. The maximum atomic E-state index is 11.9. The molecule has 4 nitrogen and oxygen atoms in total. The highest BCUT2D eigenvalue weighted by Crippen LogP contribution is 2.10. The summed E-state index contributed by atoms with van der Waals surface area (Å²) in [4.78, 5) is 0.227. The number of nitriles is 1. The standard InChI is InChI=1S/C13H16N2O2S/c1-2-3-4-11-15-18(16,17)13-7-5-12(6-8-13)9-10-14/h2-3,5-8,15H,4,9,11H2,1H3/b3-2+. The van der Waals surface area contributed by atoms with Gasteiger partial charge in [-0.1, -0.05) is 24.3 Å². The first-order valence-corrected chi connectivity index (χ1v) is 7.15. The van der Waals surface area contributed by atoms with Gasteiger partial charge in [0.1, 0.15) is 0 Å². The van der Waals surface area contributed by atoms with Crippen LogP contribution >= 0.6 is 0 Å². The lowest BCUT2D eigenvalue weighted by molar-refractivity contribution is 0.582. The van der Waals surface area contributed by atoms with Crippen LogP contribution in [0.4, 0.5) is 0 Å². The summed E-state index contributed by atoms with van der Waals surface area (Å²) in [5.41, 5.74) is 0.811. The van der Waals surface area contributed by atoms with E-state index in [9.17, 15) is 8.42 Å². The van der Waals surface area contributed by atoms with Crippen LogP contribution in [0.3, 0.4) is 0 Å². The van der Waals surface area contributed by atoms with Gasteiger partial charge in [-0.2, -0.15) is 5.26 Å². The lowest BCUT2D eigenvalue weighted by Crippen LogP contribution is -2.24. The fraction of sp³-hybridized carbons (Fsp3) is 0.308. The third-order valence-electron chi connectivity index (χ3n) is 2.36. The van der Waals surface area contributed by atoms with Crippen molar-refractivity contribution in [2.75, 3.05) is 6.54 Å². The molecule has 0 fully saturated rings. The van der Waals surface area contributed by atoms with Crippen LogP contribution in [0.5, 0.6) is 0 Å². The number of nitrogens with zero attached hydrogens (tertiary/aromatic N) is 1. The zero-order valence-electron chi connectivity index (χ0n) is 10.3. The topological polar surface area (TPSA) is 70.0 Å². The number of sulfonamides is 1. The second kappa shape index (κ2) is 6.94. The molecule has 18 heavy (non-hydrogen) atoms. The van der Waals surface area contributed by atoms with Crippen LogP contribution in [-0.2, 0) is 16.4 Å². The minimum absolute atomic E-state index is 0.227. The molecular formula is C13H16N2O2S. The Bertz CT molecular complexity index is 539. The third kappa shape index (κ3) is 4.32. The van der Waals surface area contributed by atoms with E-state index in [0.29, 0.717) is 13.0 Å². The first-order valence-electron chi connectivity index (χ1n) is 5.67. The molecule has 1 aromatic rings. The van der Waals surface area contributed by atoms with Gasteiger partial charge >= 0.3 is 0 Å².